The Hall–Kier alpha value is -3.21. The molecule has 1 heterocycles. The van der Waals surface area contributed by atoms with Gasteiger partial charge in [-0.15, -0.1) is 0 Å². The van der Waals surface area contributed by atoms with Crippen LogP contribution in [0, 0.1) is 5.82 Å². The van der Waals surface area contributed by atoms with E-state index in [9.17, 15) is 12.8 Å². The van der Waals surface area contributed by atoms with Gasteiger partial charge in [-0.25, -0.2) is 22.8 Å². The summed E-state index contributed by atoms with van der Waals surface area (Å²) in [5.41, 5.74) is 0.890. The molecule has 8 nitrogen and oxygen atoms in total. The minimum absolute atomic E-state index is 0.0343. The summed E-state index contributed by atoms with van der Waals surface area (Å²) in [7, 11) is 1.56. The van der Waals surface area contributed by atoms with Crippen LogP contribution in [-0.4, -0.2) is 56.6 Å². The minimum Gasteiger partial charge on any atom is -0.496 e. The zero-order chi connectivity index (χ0) is 27.3. The summed E-state index contributed by atoms with van der Waals surface area (Å²) in [6.45, 7) is 0. The number of ether oxygens (including phenoxy) is 1. The van der Waals surface area contributed by atoms with Gasteiger partial charge in [0.15, 0.2) is 0 Å². The Labute approximate surface area is 228 Å². The summed E-state index contributed by atoms with van der Waals surface area (Å²) in [5.74, 6) is 0.0992. The van der Waals surface area contributed by atoms with Crippen molar-refractivity contribution in [2.45, 2.75) is 42.7 Å². The lowest BCUT2D eigenvalue weighted by Crippen LogP contribution is -2.36. The largest absolute Gasteiger partial charge is 0.496 e. The van der Waals surface area contributed by atoms with Gasteiger partial charge >= 0.3 is 0 Å². The van der Waals surface area contributed by atoms with Gasteiger partial charge in [0.1, 0.15) is 16.5 Å². The van der Waals surface area contributed by atoms with Crippen LogP contribution in [-0.2, 0) is 10.0 Å². The monoisotopic (exact) mass is 559 g/mol. The number of nitrogens with one attached hydrogen (secondary N) is 2. The van der Waals surface area contributed by atoms with Crippen LogP contribution in [0.2, 0.25) is 5.02 Å². The van der Waals surface area contributed by atoms with Crippen molar-refractivity contribution < 1.29 is 17.5 Å². The number of anilines is 2. The van der Waals surface area contributed by atoms with Crippen LogP contribution >= 0.6 is 11.6 Å². The molecule has 38 heavy (non-hydrogen) atoms. The predicted octanol–water partition coefficient (Wildman–Crippen LogP) is 5.53. The highest BCUT2D eigenvalue weighted by Crippen LogP contribution is 2.31. The quantitative estimate of drug-likeness (QED) is 0.355. The average molecular weight is 560 g/mol. The van der Waals surface area contributed by atoms with E-state index >= 15 is 0 Å². The third-order valence-electron chi connectivity index (χ3n) is 6.58. The lowest BCUT2D eigenvalue weighted by Gasteiger charge is -2.32. The molecule has 1 saturated carbocycles. The zero-order valence-corrected chi connectivity index (χ0v) is 23.1. The molecule has 1 fully saturated rings. The van der Waals surface area contributed by atoms with E-state index in [0.29, 0.717) is 23.6 Å². The fourth-order valence-corrected chi connectivity index (χ4v) is 6.00. The van der Waals surface area contributed by atoms with Crippen molar-refractivity contribution in [2.24, 2.45) is 0 Å². The zero-order valence-electron chi connectivity index (χ0n) is 21.5. The number of rotatable bonds is 9. The first kappa shape index (κ1) is 27.8. The lowest BCUT2D eigenvalue weighted by molar-refractivity contribution is 0.221. The molecule has 11 heteroatoms. The van der Waals surface area contributed by atoms with Gasteiger partial charge in [0.2, 0.25) is 5.95 Å². The van der Waals surface area contributed by atoms with Gasteiger partial charge in [0.05, 0.1) is 17.8 Å². The van der Waals surface area contributed by atoms with Gasteiger partial charge in [0.25, 0.3) is 10.0 Å². The molecule has 0 amide bonds. The molecular formula is C27H31ClFN5O3S. The molecule has 0 unspecified atom stereocenters. The summed E-state index contributed by atoms with van der Waals surface area (Å²) < 4.78 is 48.0. The molecule has 0 spiro atoms. The van der Waals surface area contributed by atoms with Crippen molar-refractivity contribution in [2.75, 3.05) is 31.2 Å². The molecule has 0 radical (unpaired) electrons. The standard InChI is InChI=1S/C27H31ClFN5O3S/c1-34(2)21-12-10-20(11-13-21)32-27-30-16-18(17-31-27)8-9-19-14-23(29)24(15-25(19)37-3)33-38(35,36)26-7-5-4-6-22(26)28/h4-9,14-17,20-21,33H,10-13H2,1-3H3,(H,30,31,32)/b9-8+. The second kappa shape index (κ2) is 12.1. The maximum Gasteiger partial charge on any atom is 0.263 e. The van der Waals surface area contributed by atoms with E-state index in [1.807, 2.05) is 0 Å². The van der Waals surface area contributed by atoms with E-state index in [1.54, 1.807) is 30.6 Å². The number of halogens is 2. The number of benzene rings is 2. The summed E-state index contributed by atoms with van der Waals surface area (Å²) in [6, 6.07) is 9.40. The van der Waals surface area contributed by atoms with Crippen LogP contribution < -0.4 is 14.8 Å². The smallest absolute Gasteiger partial charge is 0.263 e. The van der Waals surface area contributed by atoms with Crippen LogP contribution in [0.25, 0.3) is 12.2 Å². The van der Waals surface area contributed by atoms with Crippen molar-refractivity contribution in [1.29, 1.82) is 0 Å². The Morgan fingerprint density at radius 3 is 2.39 bits per heavy atom. The highest BCUT2D eigenvalue weighted by Gasteiger charge is 2.23. The summed E-state index contributed by atoms with van der Waals surface area (Å²) in [5, 5.41) is 3.44. The van der Waals surface area contributed by atoms with E-state index in [-0.39, 0.29) is 21.4 Å². The van der Waals surface area contributed by atoms with Crippen molar-refractivity contribution in [3.63, 3.8) is 0 Å². The normalized spacial score (nSPS) is 18.1. The van der Waals surface area contributed by atoms with Crippen LogP contribution in [0.5, 0.6) is 5.75 Å². The molecule has 1 aliphatic carbocycles. The van der Waals surface area contributed by atoms with Crippen LogP contribution in [0.15, 0.2) is 53.7 Å². The van der Waals surface area contributed by atoms with Gasteiger partial charge in [-0.1, -0.05) is 35.9 Å². The second-order valence-electron chi connectivity index (χ2n) is 9.40. The molecule has 0 saturated heterocycles. The van der Waals surface area contributed by atoms with Crippen molar-refractivity contribution in [1.82, 2.24) is 14.9 Å². The topological polar surface area (TPSA) is 96.4 Å². The molecule has 2 aromatic carbocycles. The fourth-order valence-electron chi connectivity index (χ4n) is 4.42. The Morgan fingerprint density at radius 1 is 1.08 bits per heavy atom. The molecule has 2 N–H and O–H groups in total. The molecule has 0 aliphatic heterocycles. The number of hydrogen-bond donors (Lipinski definition) is 2. The summed E-state index contributed by atoms with van der Waals surface area (Å²) in [6.07, 6.45) is 11.2. The van der Waals surface area contributed by atoms with Crippen molar-refractivity contribution in [3.05, 3.63) is 70.8 Å². The van der Waals surface area contributed by atoms with E-state index in [4.69, 9.17) is 16.3 Å². The highest BCUT2D eigenvalue weighted by atomic mass is 35.5. The first-order chi connectivity index (χ1) is 18.2. The van der Waals surface area contributed by atoms with E-state index < -0.39 is 15.8 Å². The summed E-state index contributed by atoms with van der Waals surface area (Å²) >= 11 is 6.01. The third kappa shape index (κ3) is 6.80. The first-order valence-electron chi connectivity index (χ1n) is 12.2. The first-order valence-corrected chi connectivity index (χ1v) is 14.1. The Kier molecular flexibility index (Phi) is 8.86. The van der Waals surface area contributed by atoms with Gasteiger partial charge < -0.3 is 15.0 Å². The number of nitrogens with zero attached hydrogens (tertiary/aromatic N) is 3. The van der Waals surface area contributed by atoms with Gasteiger partial charge in [-0.05, 0) is 58.0 Å². The van der Waals surface area contributed by atoms with Crippen molar-refractivity contribution in [3.8, 4) is 5.75 Å². The molecule has 3 aromatic rings. The lowest BCUT2D eigenvalue weighted by atomic mass is 9.91. The number of hydrogen-bond acceptors (Lipinski definition) is 7. The number of methoxy groups -OCH3 is 1. The predicted molar refractivity (Wildman–Crippen MR) is 150 cm³/mol. The highest BCUT2D eigenvalue weighted by molar-refractivity contribution is 7.92. The number of sulfonamides is 1. The Bertz CT molecular complexity index is 1390. The third-order valence-corrected chi connectivity index (χ3v) is 8.44. The summed E-state index contributed by atoms with van der Waals surface area (Å²) in [4.78, 5) is 11.0. The molecular weight excluding hydrogens is 529 g/mol. The maximum atomic E-state index is 14.9. The Balaban J connectivity index is 1.44. The number of aromatic nitrogens is 2. The van der Waals surface area contributed by atoms with Crippen molar-refractivity contribution >= 4 is 45.4 Å². The van der Waals surface area contributed by atoms with Crippen LogP contribution in [0.4, 0.5) is 16.0 Å². The average Bonchev–Trinajstić information content (AvgIpc) is 2.90. The molecule has 202 valence electrons. The second-order valence-corrected chi connectivity index (χ2v) is 11.5. The van der Waals surface area contributed by atoms with E-state index in [0.717, 1.165) is 31.2 Å². The van der Waals surface area contributed by atoms with Crippen LogP contribution in [0.3, 0.4) is 0 Å². The minimum atomic E-state index is -4.10. The van der Waals surface area contributed by atoms with E-state index in [2.05, 4.69) is 39.0 Å². The van der Waals surface area contributed by atoms with E-state index in [1.165, 1.54) is 37.4 Å². The maximum absolute atomic E-state index is 14.9. The molecule has 0 bridgehead atoms. The molecule has 0 atom stereocenters. The SMILES string of the molecule is COc1cc(NS(=O)(=O)c2ccccc2Cl)c(F)cc1/C=C/c1cnc(NC2CCC(N(C)C)CC2)nc1. The fraction of sp³-hybridized carbons (Fsp3) is 0.333. The molecule has 1 aliphatic rings. The van der Waals surface area contributed by atoms with Gasteiger partial charge in [-0.2, -0.15) is 0 Å². The molecule has 1 aromatic heterocycles. The van der Waals surface area contributed by atoms with Gasteiger partial charge in [-0.3, -0.25) is 4.72 Å². The van der Waals surface area contributed by atoms with Crippen LogP contribution in [0.1, 0.15) is 36.8 Å². The Morgan fingerprint density at radius 2 is 1.76 bits per heavy atom. The molecule has 4 rings (SSSR count). The van der Waals surface area contributed by atoms with Gasteiger partial charge in [0, 0.05) is 41.7 Å².